The summed E-state index contributed by atoms with van der Waals surface area (Å²) in [4.78, 5) is 4.59. The number of hydrogen-bond donors (Lipinski definition) is 1. The molecule has 1 unspecified atom stereocenters. The van der Waals surface area contributed by atoms with Crippen LogP contribution < -0.4 is 5.32 Å². The summed E-state index contributed by atoms with van der Waals surface area (Å²) >= 11 is 0. The van der Waals surface area contributed by atoms with Crippen molar-refractivity contribution in [3.63, 3.8) is 0 Å². The van der Waals surface area contributed by atoms with Crippen LogP contribution in [0, 0.1) is 12.8 Å². The van der Waals surface area contributed by atoms with E-state index in [9.17, 15) is 0 Å². The second kappa shape index (κ2) is 5.49. The van der Waals surface area contributed by atoms with Gasteiger partial charge in [0.25, 0.3) is 0 Å². The van der Waals surface area contributed by atoms with Crippen LogP contribution in [0.3, 0.4) is 0 Å². The predicted octanol–water partition coefficient (Wildman–Crippen LogP) is 3.33. The maximum Gasteiger partial charge on any atom is 0.0707 e. The van der Waals surface area contributed by atoms with Gasteiger partial charge < -0.3 is 5.32 Å². The average molecular weight is 242 g/mol. The Kier molecular flexibility index (Phi) is 3.97. The Morgan fingerprint density at radius 3 is 2.61 bits per heavy atom. The second-order valence-electron chi connectivity index (χ2n) is 5.28. The smallest absolute Gasteiger partial charge is 0.0707 e. The Hall–Kier alpha value is -1.41. The number of nitrogens with zero attached hydrogens (tertiary/aromatic N) is 1. The summed E-state index contributed by atoms with van der Waals surface area (Å²) < 4.78 is 0. The highest BCUT2D eigenvalue weighted by molar-refractivity contribution is 5.82. The lowest BCUT2D eigenvalue weighted by molar-refractivity contribution is 0.425. The van der Waals surface area contributed by atoms with E-state index in [4.69, 9.17) is 0 Å². The third-order valence-electron chi connectivity index (χ3n) is 3.55. The van der Waals surface area contributed by atoms with Crippen LogP contribution >= 0.6 is 0 Å². The average Bonchev–Trinajstić information content (AvgIpc) is 2.35. The van der Waals surface area contributed by atoms with E-state index >= 15 is 0 Å². The molecule has 2 aromatic rings. The molecule has 0 saturated heterocycles. The molecule has 0 aliphatic rings. The van der Waals surface area contributed by atoms with Crippen LogP contribution in [0.4, 0.5) is 0 Å². The molecule has 0 spiro atoms. The van der Waals surface area contributed by atoms with Crippen molar-refractivity contribution >= 4 is 10.9 Å². The lowest BCUT2D eigenvalue weighted by Crippen LogP contribution is -2.32. The summed E-state index contributed by atoms with van der Waals surface area (Å²) in [5.74, 6) is 0.627. The molecule has 0 radical (unpaired) electrons. The number of nitrogens with one attached hydrogen (secondary N) is 1. The van der Waals surface area contributed by atoms with Crippen molar-refractivity contribution in [3.05, 3.63) is 41.6 Å². The first-order chi connectivity index (χ1) is 8.61. The summed E-state index contributed by atoms with van der Waals surface area (Å²) in [6, 6.07) is 11.1. The van der Waals surface area contributed by atoms with Gasteiger partial charge in [-0.2, -0.15) is 0 Å². The molecule has 2 heteroatoms. The van der Waals surface area contributed by atoms with E-state index in [0.717, 1.165) is 17.6 Å². The molecule has 0 bridgehead atoms. The number of pyridine rings is 1. The van der Waals surface area contributed by atoms with Crippen molar-refractivity contribution in [3.8, 4) is 0 Å². The van der Waals surface area contributed by atoms with E-state index in [1.807, 2.05) is 7.05 Å². The molecule has 0 fully saturated rings. The van der Waals surface area contributed by atoms with E-state index in [1.54, 1.807) is 0 Å². The number of para-hydroxylation sites is 1. The van der Waals surface area contributed by atoms with Gasteiger partial charge in [-0.3, -0.25) is 4.98 Å². The fourth-order valence-electron chi connectivity index (χ4n) is 2.47. The third-order valence-corrected chi connectivity index (χ3v) is 3.55. The van der Waals surface area contributed by atoms with Gasteiger partial charge in [-0.25, -0.2) is 0 Å². The summed E-state index contributed by atoms with van der Waals surface area (Å²) in [7, 11) is 2.04. The SMILES string of the molecule is CNC(Cc1cc(C)nc2ccccc12)C(C)C. The lowest BCUT2D eigenvalue weighted by atomic mass is 9.94. The van der Waals surface area contributed by atoms with Crippen molar-refractivity contribution < 1.29 is 0 Å². The van der Waals surface area contributed by atoms with Crippen molar-refractivity contribution in [2.75, 3.05) is 7.05 Å². The second-order valence-corrected chi connectivity index (χ2v) is 5.28. The minimum atomic E-state index is 0.509. The van der Waals surface area contributed by atoms with Crippen LogP contribution in [0.1, 0.15) is 25.1 Å². The Balaban J connectivity index is 2.43. The first kappa shape index (κ1) is 13.0. The van der Waals surface area contributed by atoms with Gasteiger partial charge in [0.15, 0.2) is 0 Å². The number of fused-ring (bicyclic) bond motifs is 1. The molecule has 1 aromatic carbocycles. The zero-order chi connectivity index (χ0) is 13.1. The molecule has 2 nitrogen and oxygen atoms in total. The van der Waals surface area contributed by atoms with Gasteiger partial charge in [0, 0.05) is 17.1 Å². The minimum absolute atomic E-state index is 0.509. The van der Waals surface area contributed by atoms with Crippen LogP contribution in [-0.4, -0.2) is 18.1 Å². The standard InChI is InChI=1S/C16H22N2/c1-11(2)16(17-4)10-13-9-12(3)18-15-8-6-5-7-14(13)15/h5-9,11,16-17H,10H2,1-4H3. The Morgan fingerprint density at radius 1 is 1.22 bits per heavy atom. The van der Waals surface area contributed by atoms with Crippen molar-refractivity contribution in [1.29, 1.82) is 0 Å². The van der Waals surface area contributed by atoms with Gasteiger partial charge in [0.1, 0.15) is 0 Å². The van der Waals surface area contributed by atoms with Crippen LogP contribution in [0.5, 0.6) is 0 Å². The molecular formula is C16H22N2. The highest BCUT2D eigenvalue weighted by Gasteiger charge is 2.13. The molecule has 18 heavy (non-hydrogen) atoms. The third kappa shape index (κ3) is 2.70. The van der Waals surface area contributed by atoms with Crippen LogP contribution in [0.15, 0.2) is 30.3 Å². The fraction of sp³-hybridized carbons (Fsp3) is 0.438. The molecule has 1 atom stereocenters. The molecule has 0 saturated carbocycles. The molecule has 0 amide bonds. The Morgan fingerprint density at radius 2 is 1.94 bits per heavy atom. The zero-order valence-corrected chi connectivity index (χ0v) is 11.7. The van der Waals surface area contributed by atoms with E-state index in [1.165, 1.54) is 10.9 Å². The Labute approximate surface area is 109 Å². The maximum absolute atomic E-state index is 4.59. The van der Waals surface area contributed by atoms with Crippen LogP contribution in [0.25, 0.3) is 10.9 Å². The predicted molar refractivity (Wildman–Crippen MR) is 77.9 cm³/mol. The maximum atomic E-state index is 4.59. The quantitative estimate of drug-likeness (QED) is 0.889. The largest absolute Gasteiger partial charge is 0.316 e. The lowest BCUT2D eigenvalue weighted by Gasteiger charge is -2.21. The normalized spacial score (nSPS) is 13.2. The van der Waals surface area contributed by atoms with Gasteiger partial charge in [0.2, 0.25) is 0 Å². The fourth-order valence-corrected chi connectivity index (χ4v) is 2.47. The van der Waals surface area contributed by atoms with Crippen molar-refractivity contribution in [2.45, 2.75) is 33.2 Å². The first-order valence-electron chi connectivity index (χ1n) is 6.64. The zero-order valence-electron chi connectivity index (χ0n) is 11.7. The molecule has 1 aromatic heterocycles. The van der Waals surface area contributed by atoms with Gasteiger partial charge in [-0.1, -0.05) is 32.0 Å². The summed E-state index contributed by atoms with van der Waals surface area (Å²) in [6.07, 6.45) is 1.05. The molecule has 96 valence electrons. The van der Waals surface area contributed by atoms with E-state index < -0.39 is 0 Å². The molecule has 2 rings (SSSR count). The number of aromatic nitrogens is 1. The van der Waals surface area contributed by atoms with Crippen LogP contribution in [-0.2, 0) is 6.42 Å². The van der Waals surface area contributed by atoms with Crippen molar-refractivity contribution in [2.24, 2.45) is 5.92 Å². The Bertz CT molecular complexity index is 532. The van der Waals surface area contributed by atoms with Crippen molar-refractivity contribution in [1.82, 2.24) is 10.3 Å². The van der Waals surface area contributed by atoms with Gasteiger partial charge in [0.05, 0.1) is 5.52 Å². The topological polar surface area (TPSA) is 24.9 Å². The number of rotatable bonds is 4. The van der Waals surface area contributed by atoms with Gasteiger partial charge >= 0.3 is 0 Å². The molecular weight excluding hydrogens is 220 g/mol. The van der Waals surface area contributed by atoms with Crippen LogP contribution in [0.2, 0.25) is 0 Å². The number of likely N-dealkylation sites (N-methyl/N-ethyl adjacent to an activating group) is 1. The van der Waals surface area contributed by atoms with Gasteiger partial charge in [-0.05, 0) is 44.0 Å². The van der Waals surface area contributed by atoms with E-state index in [0.29, 0.717) is 12.0 Å². The first-order valence-corrected chi connectivity index (χ1v) is 6.64. The highest BCUT2D eigenvalue weighted by atomic mass is 14.9. The number of aryl methyl sites for hydroxylation is 1. The molecule has 1 N–H and O–H groups in total. The monoisotopic (exact) mass is 242 g/mol. The number of benzene rings is 1. The molecule has 0 aliphatic heterocycles. The minimum Gasteiger partial charge on any atom is -0.316 e. The van der Waals surface area contributed by atoms with Gasteiger partial charge in [-0.15, -0.1) is 0 Å². The number of hydrogen-bond acceptors (Lipinski definition) is 2. The highest BCUT2D eigenvalue weighted by Crippen LogP contribution is 2.21. The molecule has 1 heterocycles. The van der Waals surface area contributed by atoms with E-state index in [-0.39, 0.29) is 0 Å². The molecule has 0 aliphatic carbocycles. The van der Waals surface area contributed by atoms with E-state index in [2.05, 4.69) is 61.4 Å². The summed E-state index contributed by atoms with van der Waals surface area (Å²) in [5, 5.41) is 4.70. The summed E-state index contributed by atoms with van der Waals surface area (Å²) in [5.41, 5.74) is 3.60. The summed E-state index contributed by atoms with van der Waals surface area (Å²) in [6.45, 7) is 6.59.